The molecule has 3 aromatic rings. The number of aromatic hydroxyl groups is 2. The Bertz CT molecular complexity index is 797. The maximum atomic E-state index is 10.0. The van der Waals surface area contributed by atoms with Crippen molar-refractivity contribution in [2.24, 2.45) is 0 Å². The lowest BCUT2D eigenvalue weighted by Crippen LogP contribution is -1.98. The van der Waals surface area contributed by atoms with Crippen molar-refractivity contribution >= 4 is 12.6 Å². The number of hydrogen-bond donors (Lipinski definition) is 3. The lowest BCUT2D eigenvalue weighted by atomic mass is 10.1. The van der Waals surface area contributed by atoms with E-state index in [0.29, 0.717) is 16.5 Å². The number of thiol groups is 1. The van der Waals surface area contributed by atoms with Gasteiger partial charge in [-0.3, -0.25) is 4.57 Å². The molecule has 21 heavy (non-hydrogen) atoms. The molecule has 1 aromatic heterocycles. The van der Waals surface area contributed by atoms with E-state index in [1.54, 1.807) is 10.6 Å². The summed E-state index contributed by atoms with van der Waals surface area (Å²) in [4.78, 5) is 0. The van der Waals surface area contributed by atoms with Crippen LogP contribution >= 0.6 is 12.6 Å². The molecule has 0 fully saturated rings. The quantitative estimate of drug-likeness (QED) is 0.636. The summed E-state index contributed by atoms with van der Waals surface area (Å²) in [6, 6.07) is 12.2. The van der Waals surface area contributed by atoms with E-state index >= 15 is 0 Å². The van der Waals surface area contributed by atoms with Crippen LogP contribution < -0.4 is 0 Å². The van der Waals surface area contributed by atoms with Crippen LogP contribution in [0.25, 0.3) is 17.1 Å². The van der Waals surface area contributed by atoms with Gasteiger partial charge in [-0.2, -0.15) is 0 Å². The topological polar surface area (TPSA) is 71.2 Å². The maximum Gasteiger partial charge on any atom is 0.193 e. The lowest BCUT2D eigenvalue weighted by molar-refractivity contribution is 0.451. The van der Waals surface area contributed by atoms with Crippen LogP contribution in [0.4, 0.5) is 0 Å². The van der Waals surface area contributed by atoms with E-state index in [2.05, 4.69) is 22.8 Å². The van der Waals surface area contributed by atoms with E-state index in [1.807, 2.05) is 31.2 Å². The zero-order valence-electron chi connectivity index (χ0n) is 11.2. The summed E-state index contributed by atoms with van der Waals surface area (Å²) in [7, 11) is 0. The molecular weight excluding hydrogens is 286 g/mol. The number of aryl methyl sites for hydroxylation is 1. The van der Waals surface area contributed by atoms with E-state index in [9.17, 15) is 10.2 Å². The van der Waals surface area contributed by atoms with Crippen LogP contribution in [0.3, 0.4) is 0 Å². The second-order valence-corrected chi connectivity index (χ2v) is 5.10. The molecule has 5 nitrogen and oxygen atoms in total. The van der Waals surface area contributed by atoms with Crippen molar-refractivity contribution in [2.75, 3.05) is 0 Å². The Labute approximate surface area is 126 Å². The number of rotatable bonds is 2. The standard InChI is InChI=1S/C15H13N3O2S/c1-9-2-4-10(5-3-9)18-14(16-17-15(18)21)12-7-6-11(19)8-13(12)20/h2-8,19-20H,1H3,(H,17,21). The van der Waals surface area contributed by atoms with E-state index in [4.69, 9.17) is 0 Å². The Kier molecular flexibility index (Phi) is 3.31. The van der Waals surface area contributed by atoms with E-state index in [0.717, 1.165) is 11.3 Å². The van der Waals surface area contributed by atoms with E-state index in [1.165, 1.54) is 12.1 Å². The van der Waals surface area contributed by atoms with Gasteiger partial charge in [0, 0.05) is 11.8 Å². The Hall–Kier alpha value is -2.47. The molecule has 0 saturated carbocycles. The van der Waals surface area contributed by atoms with Crippen molar-refractivity contribution in [1.29, 1.82) is 0 Å². The fourth-order valence-electron chi connectivity index (χ4n) is 2.09. The minimum absolute atomic E-state index is 0.0104. The second-order valence-electron chi connectivity index (χ2n) is 4.70. The van der Waals surface area contributed by atoms with Gasteiger partial charge in [0.25, 0.3) is 0 Å². The van der Waals surface area contributed by atoms with Crippen LogP contribution in [0.1, 0.15) is 5.56 Å². The fraction of sp³-hybridized carbons (Fsp3) is 0.0667. The minimum atomic E-state index is -0.0657. The molecule has 0 spiro atoms. The molecule has 0 aliphatic heterocycles. The van der Waals surface area contributed by atoms with Gasteiger partial charge in [-0.1, -0.05) is 17.7 Å². The molecule has 2 aromatic carbocycles. The molecule has 0 amide bonds. The van der Waals surface area contributed by atoms with E-state index < -0.39 is 0 Å². The van der Waals surface area contributed by atoms with Gasteiger partial charge in [0.05, 0.1) is 5.56 Å². The summed E-state index contributed by atoms with van der Waals surface area (Å²) in [5.74, 6) is 0.384. The van der Waals surface area contributed by atoms with Crippen LogP contribution in [0.15, 0.2) is 47.6 Å². The first-order chi connectivity index (χ1) is 10.1. The molecule has 0 unspecified atom stereocenters. The van der Waals surface area contributed by atoms with Crippen molar-refractivity contribution in [2.45, 2.75) is 12.1 Å². The SMILES string of the molecule is Cc1ccc(-n2c(S)nnc2-c2ccc(O)cc2O)cc1. The third-order valence-electron chi connectivity index (χ3n) is 3.16. The minimum Gasteiger partial charge on any atom is -0.508 e. The number of benzene rings is 2. The molecule has 0 aliphatic rings. The normalized spacial score (nSPS) is 10.8. The number of phenolic OH excluding ortho intramolecular Hbond substituents is 2. The fourth-order valence-corrected chi connectivity index (χ4v) is 2.35. The third-order valence-corrected chi connectivity index (χ3v) is 3.45. The van der Waals surface area contributed by atoms with Gasteiger partial charge in [0.15, 0.2) is 11.0 Å². The predicted octanol–water partition coefficient (Wildman–Crippen LogP) is 2.94. The zero-order valence-corrected chi connectivity index (χ0v) is 12.1. The molecule has 0 bridgehead atoms. The highest BCUT2D eigenvalue weighted by Gasteiger charge is 2.16. The lowest BCUT2D eigenvalue weighted by Gasteiger charge is -2.10. The van der Waals surface area contributed by atoms with Gasteiger partial charge in [-0.25, -0.2) is 0 Å². The summed E-state index contributed by atoms with van der Waals surface area (Å²) in [6.07, 6.45) is 0. The molecule has 0 aliphatic carbocycles. The van der Waals surface area contributed by atoms with Gasteiger partial charge in [-0.15, -0.1) is 22.8 Å². The highest BCUT2D eigenvalue weighted by atomic mass is 32.1. The van der Waals surface area contributed by atoms with Gasteiger partial charge < -0.3 is 10.2 Å². The largest absolute Gasteiger partial charge is 0.508 e. The highest BCUT2D eigenvalue weighted by molar-refractivity contribution is 7.80. The predicted molar refractivity (Wildman–Crippen MR) is 82.1 cm³/mol. The third kappa shape index (κ3) is 2.45. The Balaban J connectivity index is 2.19. The first-order valence-corrected chi connectivity index (χ1v) is 6.75. The molecule has 6 heteroatoms. The summed E-state index contributed by atoms with van der Waals surface area (Å²) >= 11 is 4.32. The Morgan fingerprint density at radius 2 is 1.71 bits per heavy atom. The van der Waals surface area contributed by atoms with Crippen molar-refractivity contribution in [1.82, 2.24) is 14.8 Å². The summed E-state index contributed by atoms with van der Waals surface area (Å²) < 4.78 is 1.73. The van der Waals surface area contributed by atoms with Crippen LogP contribution in [0, 0.1) is 6.92 Å². The van der Waals surface area contributed by atoms with Gasteiger partial charge in [0.2, 0.25) is 0 Å². The zero-order chi connectivity index (χ0) is 15.0. The monoisotopic (exact) mass is 299 g/mol. The van der Waals surface area contributed by atoms with Gasteiger partial charge in [0.1, 0.15) is 11.5 Å². The average Bonchev–Trinajstić information content (AvgIpc) is 2.82. The molecule has 2 N–H and O–H groups in total. The maximum absolute atomic E-state index is 10.0. The first-order valence-electron chi connectivity index (χ1n) is 6.30. The molecule has 106 valence electrons. The molecular formula is C15H13N3O2S. The van der Waals surface area contributed by atoms with Gasteiger partial charge >= 0.3 is 0 Å². The molecule has 1 heterocycles. The van der Waals surface area contributed by atoms with Crippen LogP contribution in [-0.4, -0.2) is 25.0 Å². The first kappa shape index (κ1) is 13.5. The van der Waals surface area contributed by atoms with Crippen molar-refractivity contribution < 1.29 is 10.2 Å². The van der Waals surface area contributed by atoms with Crippen molar-refractivity contribution in [3.05, 3.63) is 48.0 Å². The average molecular weight is 299 g/mol. The molecule has 0 atom stereocenters. The summed E-state index contributed by atoms with van der Waals surface area (Å²) in [5.41, 5.74) is 2.46. The van der Waals surface area contributed by atoms with Crippen LogP contribution in [-0.2, 0) is 0 Å². The molecule has 3 rings (SSSR count). The van der Waals surface area contributed by atoms with E-state index in [-0.39, 0.29) is 11.5 Å². The number of aromatic nitrogens is 3. The summed E-state index contributed by atoms with van der Waals surface area (Å²) in [5, 5.41) is 27.8. The second kappa shape index (κ2) is 5.14. The van der Waals surface area contributed by atoms with Crippen molar-refractivity contribution in [3.63, 3.8) is 0 Å². The van der Waals surface area contributed by atoms with Gasteiger partial charge in [-0.05, 0) is 31.2 Å². The van der Waals surface area contributed by atoms with Crippen molar-refractivity contribution in [3.8, 4) is 28.6 Å². The number of phenols is 2. The van der Waals surface area contributed by atoms with Crippen LogP contribution in [0.2, 0.25) is 0 Å². The Morgan fingerprint density at radius 1 is 1.00 bits per heavy atom. The Morgan fingerprint density at radius 3 is 2.38 bits per heavy atom. The van der Waals surface area contributed by atoms with Crippen LogP contribution in [0.5, 0.6) is 11.5 Å². The molecule has 0 radical (unpaired) electrons. The molecule has 0 saturated heterocycles. The summed E-state index contributed by atoms with van der Waals surface area (Å²) in [6.45, 7) is 2.00. The number of hydrogen-bond acceptors (Lipinski definition) is 5. The highest BCUT2D eigenvalue weighted by Crippen LogP contribution is 2.33. The number of nitrogens with zero attached hydrogens (tertiary/aromatic N) is 3. The smallest absolute Gasteiger partial charge is 0.193 e.